The molecule has 0 atom stereocenters. The minimum Gasteiger partial charge on any atom is -0.264 e. The highest BCUT2D eigenvalue weighted by Crippen LogP contribution is 2.19. The van der Waals surface area contributed by atoms with Crippen molar-refractivity contribution in [1.29, 1.82) is 0 Å². The molecule has 0 radical (unpaired) electrons. The Labute approximate surface area is 79.0 Å². The molecular weight excluding hydrogens is 188 g/mol. The first-order valence-corrected chi connectivity index (χ1v) is 4.00. The molecule has 14 heavy (non-hydrogen) atoms. The van der Waals surface area contributed by atoms with Crippen LogP contribution in [0.15, 0.2) is 36.9 Å². The first-order valence-electron chi connectivity index (χ1n) is 4.00. The van der Waals surface area contributed by atoms with Crippen LogP contribution >= 0.6 is 0 Å². The molecule has 0 saturated carbocycles. The molecule has 2 aromatic rings. The van der Waals surface area contributed by atoms with E-state index in [1.165, 1.54) is 12.4 Å². The summed E-state index contributed by atoms with van der Waals surface area (Å²) in [6.07, 6.45) is 5.92. The Morgan fingerprint density at radius 3 is 2.64 bits per heavy atom. The summed E-state index contributed by atoms with van der Waals surface area (Å²) in [5.41, 5.74) is 1.41. The topological polar surface area (TPSA) is 30.7 Å². The summed E-state index contributed by atoms with van der Waals surface area (Å²) in [6.45, 7) is -2.60. The van der Waals surface area contributed by atoms with Gasteiger partial charge in [-0.3, -0.25) is 4.98 Å². The minimum atomic E-state index is -2.60. The monoisotopic (exact) mass is 195 g/mol. The Balaban J connectivity index is 2.34. The van der Waals surface area contributed by atoms with Gasteiger partial charge in [0.05, 0.1) is 6.20 Å². The van der Waals surface area contributed by atoms with E-state index in [0.29, 0.717) is 10.2 Å². The van der Waals surface area contributed by atoms with Gasteiger partial charge in [0.25, 0.3) is 0 Å². The molecular formula is C9H7F2N3. The third-order valence-electron chi connectivity index (χ3n) is 1.80. The normalized spacial score (nSPS) is 10.8. The number of aromatic nitrogens is 3. The number of halogens is 2. The third-order valence-corrected chi connectivity index (χ3v) is 1.80. The predicted molar refractivity (Wildman–Crippen MR) is 46.7 cm³/mol. The van der Waals surface area contributed by atoms with Gasteiger partial charge >= 0.3 is 6.55 Å². The number of nitrogens with zero attached hydrogens (tertiary/aromatic N) is 3. The Bertz CT molecular complexity index is 411. The molecule has 0 bridgehead atoms. The fourth-order valence-corrected chi connectivity index (χ4v) is 1.13. The molecule has 72 valence electrons. The van der Waals surface area contributed by atoms with Crippen molar-refractivity contribution in [2.24, 2.45) is 0 Å². The quantitative estimate of drug-likeness (QED) is 0.736. The van der Waals surface area contributed by atoms with E-state index < -0.39 is 6.55 Å². The molecule has 0 aliphatic heterocycles. The standard InChI is InChI=1S/C9H7F2N3/c10-9(11)14-6-8(5-13-14)7-2-1-3-12-4-7/h1-6,9H. The lowest BCUT2D eigenvalue weighted by Gasteiger charge is -1.96. The molecule has 0 saturated heterocycles. The first kappa shape index (κ1) is 8.80. The Morgan fingerprint density at radius 2 is 2.07 bits per heavy atom. The van der Waals surface area contributed by atoms with Crippen LogP contribution in [0.2, 0.25) is 0 Å². The zero-order chi connectivity index (χ0) is 9.97. The lowest BCUT2D eigenvalue weighted by Crippen LogP contribution is -1.96. The van der Waals surface area contributed by atoms with E-state index in [-0.39, 0.29) is 0 Å². The second-order valence-corrected chi connectivity index (χ2v) is 2.73. The van der Waals surface area contributed by atoms with Crippen LogP contribution in [0.4, 0.5) is 8.78 Å². The molecule has 0 amide bonds. The maximum absolute atomic E-state index is 12.2. The van der Waals surface area contributed by atoms with Gasteiger partial charge in [0.1, 0.15) is 0 Å². The first-order chi connectivity index (χ1) is 6.77. The summed E-state index contributed by atoms with van der Waals surface area (Å²) in [5, 5.41) is 3.53. The van der Waals surface area contributed by atoms with Gasteiger partial charge in [0.15, 0.2) is 0 Å². The van der Waals surface area contributed by atoms with Crippen LogP contribution in [0.5, 0.6) is 0 Å². The number of pyridine rings is 1. The summed E-state index contributed by atoms with van der Waals surface area (Å²) in [4.78, 5) is 3.89. The molecule has 0 spiro atoms. The highest BCUT2D eigenvalue weighted by atomic mass is 19.3. The van der Waals surface area contributed by atoms with Crippen molar-refractivity contribution in [3.8, 4) is 11.1 Å². The minimum absolute atomic E-state index is 0.613. The van der Waals surface area contributed by atoms with E-state index in [9.17, 15) is 8.78 Å². The van der Waals surface area contributed by atoms with Crippen LogP contribution in [0.25, 0.3) is 11.1 Å². The summed E-state index contributed by atoms with van der Waals surface area (Å²) in [5.74, 6) is 0. The van der Waals surface area contributed by atoms with Gasteiger partial charge in [-0.1, -0.05) is 6.07 Å². The lowest BCUT2D eigenvalue weighted by molar-refractivity contribution is 0.0566. The second kappa shape index (κ2) is 3.53. The number of alkyl halides is 2. The van der Waals surface area contributed by atoms with Crippen molar-refractivity contribution in [3.05, 3.63) is 36.9 Å². The van der Waals surface area contributed by atoms with Crippen LogP contribution in [-0.4, -0.2) is 14.8 Å². The van der Waals surface area contributed by atoms with E-state index in [1.54, 1.807) is 24.5 Å². The average Bonchev–Trinajstić information content (AvgIpc) is 2.68. The van der Waals surface area contributed by atoms with E-state index in [0.717, 1.165) is 5.56 Å². The molecule has 2 heterocycles. The SMILES string of the molecule is FC(F)n1cc(-c2cccnc2)cn1. The second-order valence-electron chi connectivity index (χ2n) is 2.73. The van der Waals surface area contributed by atoms with Crippen molar-refractivity contribution in [3.63, 3.8) is 0 Å². The number of hydrogen-bond acceptors (Lipinski definition) is 2. The van der Waals surface area contributed by atoms with E-state index in [2.05, 4.69) is 10.1 Å². The number of hydrogen-bond donors (Lipinski definition) is 0. The molecule has 2 aromatic heterocycles. The summed E-state index contributed by atoms with van der Waals surface area (Å²) in [7, 11) is 0. The van der Waals surface area contributed by atoms with E-state index >= 15 is 0 Å². The van der Waals surface area contributed by atoms with Gasteiger partial charge in [-0.05, 0) is 6.07 Å². The molecule has 2 rings (SSSR count). The Morgan fingerprint density at radius 1 is 1.21 bits per heavy atom. The zero-order valence-corrected chi connectivity index (χ0v) is 7.14. The molecule has 3 nitrogen and oxygen atoms in total. The van der Waals surface area contributed by atoms with Crippen LogP contribution in [0.3, 0.4) is 0 Å². The molecule has 0 N–H and O–H groups in total. The Hall–Kier alpha value is -1.78. The summed E-state index contributed by atoms with van der Waals surface area (Å²) < 4.78 is 25.0. The van der Waals surface area contributed by atoms with Crippen molar-refractivity contribution in [2.75, 3.05) is 0 Å². The van der Waals surface area contributed by atoms with Gasteiger partial charge in [0, 0.05) is 29.7 Å². The van der Waals surface area contributed by atoms with Crippen molar-refractivity contribution in [1.82, 2.24) is 14.8 Å². The molecule has 0 aromatic carbocycles. The predicted octanol–water partition coefficient (Wildman–Crippen LogP) is 2.34. The summed E-state index contributed by atoms with van der Waals surface area (Å²) in [6, 6.07) is 3.54. The van der Waals surface area contributed by atoms with Crippen molar-refractivity contribution >= 4 is 0 Å². The third kappa shape index (κ3) is 1.61. The maximum Gasteiger partial charge on any atom is 0.333 e. The van der Waals surface area contributed by atoms with Crippen LogP contribution < -0.4 is 0 Å². The van der Waals surface area contributed by atoms with Crippen molar-refractivity contribution in [2.45, 2.75) is 6.55 Å². The smallest absolute Gasteiger partial charge is 0.264 e. The lowest BCUT2D eigenvalue weighted by atomic mass is 10.2. The van der Waals surface area contributed by atoms with Gasteiger partial charge in [-0.25, -0.2) is 4.68 Å². The van der Waals surface area contributed by atoms with E-state index in [1.807, 2.05) is 0 Å². The van der Waals surface area contributed by atoms with Gasteiger partial charge in [-0.2, -0.15) is 13.9 Å². The molecule has 5 heteroatoms. The van der Waals surface area contributed by atoms with Crippen molar-refractivity contribution < 1.29 is 8.78 Å². The highest BCUT2D eigenvalue weighted by molar-refractivity contribution is 5.60. The largest absolute Gasteiger partial charge is 0.333 e. The maximum atomic E-state index is 12.2. The van der Waals surface area contributed by atoms with E-state index in [4.69, 9.17) is 0 Å². The van der Waals surface area contributed by atoms with Crippen LogP contribution in [0.1, 0.15) is 6.55 Å². The van der Waals surface area contributed by atoms with Gasteiger partial charge in [-0.15, -0.1) is 0 Å². The zero-order valence-electron chi connectivity index (χ0n) is 7.14. The Kier molecular flexibility index (Phi) is 2.22. The van der Waals surface area contributed by atoms with Gasteiger partial charge < -0.3 is 0 Å². The molecule has 0 unspecified atom stereocenters. The molecule has 0 aliphatic rings. The summed E-state index contributed by atoms with van der Waals surface area (Å²) >= 11 is 0. The number of rotatable bonds is 2. The molecule has 0 aliphatic carbocycles. The van der Waals surface area contributed by atoms with Gasteiger partial charge in [0.2, 0.25) is 0 Å². The fraction of sp³-hybridized carbons (Fsp3) is 0.111. The molecule has 0 fully saturated rings. The average molecular weight is 195 g/mol. The fourth-order valence-electron chi connectivity index (χ4n) is 1.13. The highest BCUT2D eigenvalue weighted by Gasteiger charge is 2.07. The van der Waals surface area contributed by atoms with Crippen LogP contribution in [-0.2, 0) is 0 Å². The van der Waals surface area contributed by atoms with Crippen LogP contribution in [0, 0.1) is 0 Å².